The summed E-state index contributed by atoms with van der Waals surface area (Å²) in [6, 6.07) is 19.7. The van der Waals surface area contributed by atoms with Gasteiger partial charge in [0.1, 0.15) is 0 Å². The molecule has 0 amide bonds. The van der Waals surface area contributed by atoms with Crippen LogP contribution in [0.4, 0.5) is 0 Å². The molecule has 2 N–H and O–H groups in total. The average molecular weight is 350 g/mol. The Bertz CT molecular complexity index is 902. The van der Waals surface area contributed by atoms with Crippen LogP contribution < -0.4 is 21.8 Å². The SMILES string of the molecule is Cc1c(P(=O)(c2ccccc2)c2ccccc2)c2c(n1N)CCCC2. The molecule has 0 saturated heterocycles. The predicted octanol–water partition coefficient (Wildman–Crippen LogP) is 3.03. The molecule has 25 heavy (non-hydrogen) atoms. The standard InChI is InChI=1S/C21H23N2OP/c1-16-21(19-14-8-9-15-20(19)23(16)22)25(24,17-10-4-2-5-11-17)18-12-6-3-7-13-18/h2-7,10-13H,8-9,14-15,22H2,1H3. The zero-order valence-electron chi connectivity index (χ0n) is 14.5. The van der Waals surface area contributed by atoms with E-state index in [0.29, 0.717) is 0 Å². The lowest BCUT2D eigenvalue weighted by atomic mass is 9.98. The second kappa shape index (κ2) is 6.24. The maximum absolute atomic E-state index is 14.7. The molecule has 0 saturated carbocycles. The summed E-state index contributed by atoms with van der Waals surface area (Å²) in [5, 5.41) is 2.72. The summed E-state index contributed by atoms with van der Waals surface area (Å²) in [6.45, 7) is 2.01. The van der Waals surface area contributed by atoms with Gasteiger partial charge in [-0.15, -0.1) is 0 Å². The molecule has 128 valence electrons. The van der Waals surface area contributed by atoms with E-state index < -0.39 is 7.14 Å². The van der Waals surface area contributed by atoms with Crippen molar-refractivity contribution >= 4 is 23.1 Å². The lowest BCUT2D eigenvalue weighted by Gasteiger charge is -2.22. The van der Waals surface area contributed by atoms with Crippen molar-refractivity contribution in [3.8, 4) is 0 Å². The van der Waals surface area contributed by atoms with E-state index in [-0.39, 0.29) is 0 Å². The third-order valence-electron chi connectivity index (χ3n) is 5.27. The third-order valence-corrected chi connectivity index (χ3v) is 8.55. The molecule has 1 heterocycles. The van der Waals surface area contributed by atoms with Gasteiger partial charge in [-0.05, 0) is 38.2 Å². The fourth-order valence-electron chi connectivity index (χ4n) is 4.05. The van der Waals surface area contributed by atoms with E-state index in [4.69, 9.17) is 5.84 Å². The molecular weight excluding hydrogens is 327 g/mol. The molecule has 3 nitrogen and oxygen atoms in total. The zero-order chi connectivity index (χ0) is 17.4. The van der Waals surface area contributed by atoms with E-state index in [0.717, 1.165) is 53.0 Å². The first-order valence-corrected chi connectivity index (χ1v) is 10.5. The number of rotatable bonds is 3. The maximum Gasteiger partial charge on any atom is 0.173 e. The van der Waals surface area contributed by atoms with Gasteiger partial charge in [-0.2, -0.15) is 0 Å². The van der Waals surface area contributed by atoms with Gasteiger partial charge in [0.05, 0.1) is 0 Å². The molecular formula is C21H23N2OP. The van der Waals surface area contributed by atoms with Gasteiger partial charge in [-0.3, -0.25) is 4.68 Å². The quantitative estimate of drug-likeness (QED) is 0.583. The van der Waals surface area contributed by atoms with Crippen molar-refractivity contribution in [1.29, 1.82) is 0 Å². The Hall–Kier alpha value is -2.25. The Morgan fingerprint density at radius 1 is 0.880 bits per heavy atom. The van der Waals surface area contributed by atoms with E-state index in [9.17, 15) is 4.57 Å². The summed E-state index contributed by atoms with van der Waals surface area (Å²) < 4.78 is 16.4. The Morgan fingerprint density at radius 3 is 1.96 bits per heavy atom. The Morgan fingerprint density at radius 2 is 1.40 bits per heavy atom. The minimum Gasteiger partial charge on any atom is -0.339 e. The molecule has 0 bridgehead atoms. The molecule has 4 heteroatoms. The number of nitrogens with two attached hydrogens (primary N) is 1. The lowest BCUT2D eigenvalue weighted by Crippen LogP contribution is -2.28. The fraction of sp³-hybridized carbons (Fsp3) is 0.238. The summed E-state index contributed by atoms with van der Waals surface area (Å²) in [4.78, 5) is 0. The van der Waals surface area contributed by atoms with Crippen LogP contribution in [0.5, 0.6) is 0 Å². The van der Waals surface area contributed by atoms with Crippen molar-refractivity contribution in [2.24, 2.45) is 0 Å². The minimum atomic E-state index is -2.95. The molecule has 1 aromatic heterocycles. The highest BCUT2D eigenvalue weighted by Gasteiger charge is 2.37. The molecule has 3 aromatic rings. The van der Waals surface area contributed by atoms with Crippen LogP contribution in [0, 0.1) is 6.92 Å². The van der Waals surface area contributed by atoms with Crippen molar-refractivity contribution in [1.82, 2.24) is 4.68 Å². The molecule has 1 aliphatic rings. The number of hydrogen-bond donors (Lipinski definition) is 1. The van der Waals surface area contributed by atoms with Crippen LogP contribution in [-0.2, 0) is 17.4 Å². The van der Waals surface area contributed by atoms with Crippen LogP contribution in [0.3, 0.4) is 0 Å². The van der Waals surface area contributed by atoms with Crippen LogP contribution in [0.25, 0.3) is 0 Å². The van der Waals surface area contributed by atoms with Gasteiger partial charge in [0.25, 0.3) is 0 Å². The second-order valence-electron chi connectivity index (χ2n) is 6.72. The smallest absolute Gasteiger partial charge is 0.173 e. The topological polar surface area (TPSA) is 48.0 Å². The largest absolute Gasteiger partial charge is 0.339 e. The van der Waals surface area contributed by atoms with E-state index in [1.165, 1.54) is 5.56 Å². The first-order valence-electron chi connectivity index (χ1n) is 8.84. The van der Waals surface area contributed by atoms with Crippen molar-refractivity contribution < 1.29 is 4.57 Å². The molecule has 0 radical (unpaired) electrons. The number of nitrogens with zero attached hydrogens (tertiary/aromatic N) is 1. The summed E-state index contributed by atoms with van der Waals surface area (Å²) in [5.74, 6) is 6.37. The van der Waals surface area contributed by atoms with E-state index in [2.05, 4.69) is 0 Å². The molecule has 0 atom stereocenters. The van der Waals surface area contributed by atoms with Crippen molar-refractivity contribution in [2.75, 3.05) is 5.84 Å². The molecule has 4 rings (SSSR count). The van der Waals surface area contributed by atoms with Crippen LogP contribution in [-0.4, -0.2) is 4.68 Å². The van der Waals surface area contributed by atoms with Crippen LogP contribution in [0.1, 0.15) is 29.8 Å². The van der Waals surface area contributed by atoms with Gasteiger partial charge in [0.2, 0.25) is 0 Å². The van der Waals surface area contributed by atoms with Crippen molar-refractivity contribution in [3.05, 3.63) is 77.6 Å². The molecule has 1 aliphatic carbocycles. The first-order chi connectivity index (χ1) is 12.1. The molecule has 2 aromatic carbocycles. The Kier molecular flexibility index (Phi) is 4.05. The number of aromatic nitrogens is 1. The Balaban J connectivity index is 2.06. The summed E-state index contributed by atoms with van der Waals surface area (Å²) in [7, 11) is -2.95. The number of nitrogen functional groups attached to an aromatic ring is 1. The van der Waals surface area contributed by atoms with Gasteiger partial charge in [-0.25, -0.2) is 0 Å². The normalized spacial score (nSPS) is 14.3. The van der Waals surface area contributed by atoms with Gasteiger partial charge in [0, 0.05) is 27.3 Å². The van der Waals surface area contributed by atoms with E-state index in [1.54, 1.807) is 4.68 Å². The zero-order valence-corrected chi connectivity index (χ0v) is 15.4. The summed E-state index contributed by atoms with van der Waals surface area (Å²) >= 11 is 0. The van der Waals surface area contributed by atoms with Gasteiger partial charge < -0.3 is 10.4 Å². The first kappa shape index (κ1) is 16.2. The number of fused-ring (bicyclic) bond motifs is 1. The van der Waals surface area contributed by atoms with Gasteiger partial charge >= 0.3 is 0 Å². The van der Waals surface area contributed by atoms with E-state index >= 15 is 0 Å². The van der Waals surface area contributed by atoms with Crippen LogP contribution in [0.15, 0.2) is 60.7 Å². The molecule has 0 spiro atoms. The van der Waals surface area contributed by atoms with Crippen LogP contribution in [0.2, 0.25) is 0 Å². The monoisotopic (exact) mass is 350 g/mol. The maximum atomic E-state index is 14.7. The van der Waals surface area contributed by atoms with Gasteiger partial charge in [0.15, 0.2) is 7.14 Å². The minimum absolute atomic E-state index is 0.878. The lowest BCUT2D eigenvalue weighted by molar-refractivity contribution is 0.592. The molecule has 0 unspecified atom stereocenters. The highest BCUT2D eigenvalue weighted by Crippen LogP contribution is 2.46. The molecule has 0 aliphatic heterocycles. The summed E-state index contributed by atoms with van der Waals surface area (Å²) in [5.41, 5.74) is 3.30. The molecule has 0 fully saturated rings. The average Bonchev–Trinajstić information content (AvgIpc) is 2.94. The fourth-order valence-corrected chi connectivity index (χ4v) is 7.23. The number of benzene rings is 2. The highest BCUT2D eigenvalue weighted by atomic mass is 31.2. The predicted molar refractivity (Wildman–Crippen MR) is 105 cm³/mol. The van der Waals surface area contributed by atoms with Gasteiger partial charge in [-0.1, -0.05) is 60.7 Å². The van der Waals surface area contributed by atoms with Crippen molar-refractivity contribution in [3.63, 3.8) is 0 Å². The highest BCUT2D eigenvalue weighted by molar-refractivity contribution is 7.85. The second-order valence-corrected chi connectivity index (χ2v) is 9.42. The van der Waals surface area contributed by atoms with Crippen molar-refractivity contribution in [2.45, 2.75) is 32.6 Å². The summed E-state index contributed by atoms with van der Waals surface area (Å²) in [6.07, 6.45) is 4.21. The Labute approximate surface area is 148 Å². The van der Waals surface area contributed by atoms with Crippen LogP contribution >= 0.6 is 7.14 Å². The van der Waals surface area contributed by atoms with E-state index in [1.807, 2.05) is 67.6 Å². The number of hydrogen-bond acceptors (Lipinski definition) is 2. The third kappa shape index (κ3) is 2.46.